The average Bonchev–Trinajstić information content (AvgIpc) is 3.22. The molecule has 31 heavy (non-hydrogen) atoms. The molecule has 7 nitrogen and oxygen atoms in total. The second-order valence-electron chi connectivity index (χ2n) is 8.34. The maximum Gasteiger partial charge on any atom is 0.254 e. The molecule has 0 spiro atoms. The topological polar surface area (TPSA) is 91.1 Å². The van der Waals surface area contributed by atoms with Crippen LogP contribution in [0.1, 0.15) is 24.2 Å². The number of fused-ring (bicyclic) bond motifs is 2. The van der Waals surface area contributed by atoms with Crippen LogP contribution in [0.3, 0.4) is 0 Å². The third-order valence-electron chi connectivity index (χ3n) is 6.13. The van der Waals surface area contributed by atoms with Gasteiger partial charge in [0.25, 0.3) is 5.91 Å². The number of imidazole rings is 1. The van der Waals surface area contributed by atoms with E-state index in [0.29, 0.717) is 23.1 Å². The van der Waals surface area contributed by atoms with Crippen LogP contribution in [0.5, 0.6) is 0 Å². The summed E-state index contributed by atoms with van der Waals surface area (Å²) in [5.41, 5.74) is 10.9. The lowest BCUT2D eigenvalue weighted by atomic mass is 10.1. The van der Waals surface area contributed by atoms with Crippen LogP contribution >= 0.6 is 0 Å². The molecule has 1 fully saturated rings. The molecule has 1 aliphatic rings. The zero-order valence-corrected chi connectivity index (χ0v) is 17.8. The molecule has 3 N–H and O–H groups in total. The molecule has 0 saturated carbocycles. The Balaban J connectivity index is 1.43. The third-order valence-corrected chi connectivity index (χ3v) is 6.13. The first kappa shape index (κ1) is 19.5. The van der Waals surface area contributed by atoms with Crippen molar-refractivity contribution in [3.05, 3.63) is 54.2 Å². The molecule has 0 bridgehead atoms. The molecule has 5 rings (SSSR count). The number of hydrogen-bond acceptors (Lipinski definition) is 5. The molecule has 0 radical (unpaired) electrons. The predicted octanol–water partition coefficient (Wildman–Crippen LogP) is 3.53. The Labute approximate surface area is 180 Å². The number of amides is 1. The summed E-state index contributed by atoms with van der Waals surface area (Å²) in [4.78, 5) is 29.9. The Hall–Kier alpha value is -3.45. The Morgan fingerprint density at radius 2 is 1.84 bits per heavy atom. The summed E-state index contributed by atoms with van der Waals surface area (Å²) < 4.78 is 0. The van der Waals surface area contributed by atoms with Crippen molar-refractivity contribution in [1.82, 2.24) is 24.8 Å². The van der Waals surface area contributed by atoms with Crippen LogP contribution in [0.15, 0.2) is 48.7 Å². The van der Waals surface area contributed by atoms with E-state index in [9.17, 15) is 4.79 Å². The fourth-order valence-electron chi connectivity index (χ4n) is 4.25. The minimum absolute atomic E-state index is 0.0633. The maximum atomic E-state index is 13.0. The van der Waals surface area contributed by atoms with Gasteiger partial charge >= 0.3 is 0 Å². The van der Waals surface area contributed by atoms with Crippen LogP contribution in [0.4, 0.5) is 5.69 Å². The number of benzene rings is 2. The fourth-order valence-corrected chi connectivity index (χ4v) is 4.25. The first-order chi connectivity index (χ1) is 15.0. The number of pyridine rings is 1. The Morgan fingerprint density at radius 3 is 2.61 bits per heavy atom. The van der Waals surface area contributed by atoms with Crippen LogP contribution in [-0.4, -0.2) is 62.9 Å². The van der Waals surface area contributed by atoms with E-state index in [1.165, 1.54) is 0 Å². The number of anilines is 1. The van der Waals surface area contributed by atoms with Gasteiger partial charge in [-0.3, -0.25) is 14.7 Å². The number of aromatic nitrogens is 3. The van der Waals surface area contributed by atoms with E-state index < -0.39 is 0 Å². The number of carbonyl (C=O) groups is 1. The lowest BCUT2D eigenvalue weighted by Crippen LogP contribution is -2.50. The van der Waals surface area contributed by atoms with Crippen molar-refractivity contribution < 1.29 is 4.79 Å². The molecular formula is C24H26N6O. The molecule has 0 atom stereocenters. The molecule has 1 amide bonds. The summed E-state index contributed by atoms with van der Waals surface area (Å²) in [6.45, 7) is 7.71. The van der Waals surface area contributed by atoms with Crippen molar-refractivity contribution in [3.8, 4) is 11.4 Å². The minimum Gasteiger partial charge on any atom is -0.398 e. The predicted molar refractivity (Wildman–Crippen MR) is 124 cm³/mol. The molecule has 1 saturated heterocycles. The van der Waals surface area contributed by atoms with Crippen molar-refractivity contribution in [3.63, 3.8) is 0 Å². The van der Waals surface area contributed by atoms with Gasteiger partial charge in [-0.25, -0.2) is 4.98 Å². The van der Waals surface area contributed by atoms with Gasteiger partial charge in [0, 0.05) is 49.4 Å². The lowest BCUT2D eigenvalue weighted by molar-refractivity contribution is 0.0595. The van der Waals surface area contributed by atoms with E-state index in [-0.39, 0.29) is 5.91 Å². The Morgan fingerprint density at radius 1 is 1.06 bits per heavy atom. The Bertz CT molecular complexity index is 1270. The number of piperazine rings is 1. The standard InChI is InChI=1S/C24H26N6O/c1-15(2)29-9-11-30(12-10-29)24(31)16-7-8-20-21(13-16)28-23(27-20)18-14-26-19-6-4-3-5-17(19)22(18)25/h3-8,13-15H,9-12H2,1-2H3,(H2,25,26)(H,27,28). The van der Waals surface area contributed by atoms with Crippen molar-refractivity contribution in [2.24, 2.45) is 0 Å². The molecular weight excluding hydrogens is 388 g/mol. The van der Waals surface area contributed by atoms with Crippen LogP contribution < -0.4 is 5.73 Å². The number of nitrogens with one attached hydrogen (secondary N) is 1. The number of nitrogens with two attached hydrogens (primary N) is 1. The molecule has 158 valence electrons. The maximum absolute atomic E-state index is 13.0. The lowest BCUT2D eigenvalue weighted by Gasteiger charge is -2.36. The zero-order valence-electron chi connectivity index (χ0n) is 17.8. The van der Waals surface area contributed by atoms with E-state index in [0.717, 1.165) is 53.7 Å². The van der Waals surface area contributed by atoms with E-state index >= 15 is 0 Å². The average molecular weight is 415 g/mol. The number of hydrogen-bond donors (Lipinski definition) is 2. The van der Waals surface area contributed by atoms with Gasteiger partial charge in [0.2, 0.25) is 0 Å². The highest BCUT2D eigenvalue weighted by Crippen LogP contribution is 2.30. The zero-order chi connectivity index (χ0) is 21.5. The van der Waals surface area contributed by atoms with E-state index in [4.69, 9.17) is 5.73 Å². The van der Waals surface area contributed by atoms with Gasteiger partial charge < -0.3 is 15.6 Å². The highest BCUT2D eigenvalue weighted by atomic mass is 16.2. The fraction of sp³-hybridized carbons (Fsp3) is 0.292. The first-order valence-electron chi connectivity index (χ1n) is 10.7. The van der Waals surface area contributed by atoms with Gasteiger partial charge in [0.15, 0.2) is 0 Å². The van der Waals surface area contributed by atoms with Crippen molar-refractivity contribution in [2.45, 2.75) is 19.9 Å². The van der Waals surface area contributed by atoms with E-state index in [1.807, 2.05) is 47.4 Å². The number of rotatable bonds is 3. The summed E-state index contributed by atoms with van der Waals surface area (Å²) >= 11 is 0. The molecule has 0 unspecified atom stereocenters. The molecule has 2 aromatic carbocycles. The van der Waals surface area contributed by atoms with Gasteiger partial charge in [0.1, 0.15) is 5.82 Å². The van der Waals surface area contributed by atoms with Crippen molar-refractivity contribution in [2.75, 3.05) is 31.9 Å². The summed E-state index contributed by atoms with van der Waals surface area (Å²) in [7, 11) is 0. The second kappa shape index (κ2) is 7.67. The molecule has 7 heteroatoms. The summed E-state index contributed by atoms with van der Waals surface area (Å²) in [5.74, 6) is 0.717. The Kier molecular flexibility index (Phi) is 4.82. The monoisotopic (exact) mass is 414 g/mol. The van der Waals surface area contributed by atoms with Gasteiger partial charge in [-0.05, 0) is 38.1 Å². The number of H-pyrrole nitrogens is 1. The quantitative estimate of drug-likeness (QED) is 0.535. The van der Waals surface area contributed by atoms with Gasteiger partial charge in [-0.15, -0.1) is 0 Å². The third kappa shape index (κ3) is 3.51. The molecule has 4 aromatic rings. The summed E-state index contributed by atoms with van der Waals surface area (Å²) in [6, 6.07) is 13.9. The first-order valence-corrected chi connectivity index (χ1v) is 10.7. The highest BCUT2D eigenvalue weighted by Gasteiger charge is 2.23. The molecule has 0 aliphatic carbocycles. The summed E-state index contributed by atoms with van der Waals surface area (Å²) in [5, 5.41) is 0.900. The number of para-hydroxylation sites is 1. The SMILES string of the molecule is CC(C)N1CCN(C(=O)c2ccc3nc(-c4cnc5ccccc5c4N)[nH]c3c2)CC1. The van der Waals surface area contributed by atoms with Crippen LogP contribution in [0.2, 0.25) is 0 Å². The van der Waals surface area contributed by atoms with Crippen LogP contribution in [0, 0.1) is 0 Å². The van der Waals surface area contributed by atoms with Crippen LogP contribution in [0.25, 0.3) is 33.3 Å². The number of aromatic amines is 1. The molecule has 1 aliphatic heterocycles. The van der Waals surface area contributed by atoms with Crippen molar-refractivity contribution >= 4 is 33.5 Å². The molecule has 2 aromatic heterocycles. The highest BCUT2D eigenvalue weighted by molar-refractivity contribution is 5.99. The number of carbonyl (C=O) groups excluding carboxylic acids is 1. The normalized spacial score (nSPS) is 15.3. The number of nitrogens with zero attached hydrogens (tertiary/aromatic N) is 4. The van der Waals surface area contributed by atoms with Gasteiger partial charge in [0.05, 0.1) is 27.8 Å². The summed E-state index contributed by atoms with van der Waals surface area (Å²) in [6.07, 6.45) is 1.75. The second-order valence-corrected chi connectivity index (χ2v) is 8.34. The minimum atomic E-state index is 0.0633. The largest absolute Gasteiger partial charge is 0.398 e. The van der Waals surface area contributed by atoms with Crippen molar-refractivity contribution in [1.29, 1.82) is 0 Å². The van der Waals surface area contributed by atoms with E-state index in [1.54, 1.807) is 6.20 Å². The van der Waals surface area contributed by atoms with E-state index in [2.05, 4.69) is 33.7 Å². The smallest absolute Gasteiger partial charge is 0.254 e. The molecule has 3 heterocycles. The number of nitrogen functional groups attached to an aromatic ring is 1. The van der Waals surface area contributed by atoms with Gasteiger partial charge in [-0.1, -0.05) is 18.2 Å². The van der Waals surface area contributed by atoms with Crippen LogP contribution in [-0.2, 0) is 0 Å². The van der Waals surface area contributed by atoms with Gasteiger partial charge in [-0.2, -0.15) is 0 Å².